The number of nitrogens with zero attached hydrogens (tertiary/aromatic N) is 6. The first-order valence-corrected chi connectivity index (χ1v) is 11.1. The number of alkyl halides is 3. The minimum atomic E-state index is -4.46. The summed E-state index contributed by atoms with van der Waals surface area (Å²) in [6, 6.07) is 8.78. The van der Waals surface area contributed by atoms with Gasteiger partial charge < -0.3 is 15.5 Å². The first-order chi connectivity index (χ1) is 16.3. The fourth-order valence-corrected chi connectivity index (χ4v) is 3.93. The van der Waals surface area contributed by atoms with Gasteiger partial charge in [-0.25, -0.2) is 9.37 Å². The predicted octanol–water partition coefficient (Wildman–Crippen LogP) is 3.90. The molecule has 7 nitrogen and oxygen atoms in total. The fourth-order valence-electron chi connectivity index (χ4n) is 3.93. The van der Waals surface area contributed by atoms with E-state index < -0.39 is 11.7 Å². The maximum atomic E-state index is 13.3. The maximum Gasteiger partial charge on any atom is 0.419 e. The van der Waals surface area contributed by atoms with Crippen LogP contribution in [0, 0.1) is 5.82 Å². The van der Waals surface area contributed by atoms with Crippen LogP contribution in [0.2, 0.25) is 0 Å². The Morgan fingerprint density at radius 2 is 1.53 bits per heavy atom. The van der Waals surface area contributed by atoms with Gasteiger partial charge in [-0.1, -0.05) is 12.1 Å². The number of piperazine rings is 1. The number of aryl methyl sites for hydroxylation is 2. The molecule has 34 heavy (non-hydrogen) atoms. The van der Waals surface area contributed by atoms with E-state index in [2.05, 4.69) is 19.9 Å². The molecule has 0 atom stereocenters. The number of benzene rings is 1. The third kappa shape index (κ3) is 5.89. The SMILES string of the molecule is Nc1nc(CCCCc2ccc(F)cc2)nc(N2CCN(c3ncccc3C(F)(F)F)CC2)n1. The Morgan fingerprint density at radius 3 is 2.24 bits per heavy atom. The van der Waals surface area contributed by atoms with E-state index in [0.717, 1.165) is 30.9 Å². The van der Waals surface area contributed by atoms with Crippen LogP contribution in [0.5, 0.6) is 0 Å². The molecule has 0 spiro atoms. The number of nitrogen functional groups attached to an aromatic ring is 1. The zero-order chi connectivity index (χ0) is 24.1. The lowest BCUT2D eigenvalue weighted by molar-refractivity contribution is -0.137. The topological polar surface area (TPSA) is 84.1 Å². The Morgan fingerprint density at radius 1 is 0.853 bits per heavy atom. The van der Waals surface area contributed by atoms with Crippen LogP contribution in [0.15, 0.2) is 42.6 Å². The highest BCUT2D eigenvalue weighted by atomic mass is 19.4. The molecule has 180 valence electrons. The Hall–Kier alpha value is -3.50. The van der Waals surface area contributed by atoms with Gasteiger partial charge in [0.1, 0.15) is 17.5 Å². The molecular weight excluding hydrogens is 450 g/mol. The smallest absolute Gasteiger partial charge is 0.368 e. The molecule has 1 aliphatic rings. The molecule has 0 unspecified atom stereocenters. The molecule has 0 bridgehead atoms. The number of halogens is 4. The van der Waals surface area contributed by atoms with Crippen molar-refractivity contribution >= 4 is 17.7 Å². The van der Waals surface area contributed by atoms with Crippen molar-refractivity contribution in [1.82, 2.24) is 19.9 Å². The standard InChI is InChI=1S/C23H25F4N7/c24-17-9-7-16(8-10-17)4-1-2-6-19-30-21(28)32-22(31-19)34-14-12-33(13-15-34)20-18(23(25,26)27)5-3-11-29-20/h3,5,7-11H,1-2,4,6,12-15H2,(H2,28,30,31,32). The van der Waals surface area contributed by atoms with E-state index in [1.807, 2.05) is 4.90 Å². The van der Waals surface area contributed by atoms with Gasteiger partial charge in [-0.15, -0.1) is 0 Å². The van der Waals surface area contributed by atoms with Crippen molar-refractivity contribution in [2.75, 3.05) is 41.7 Å². The number of hydrogen-bond acceptors (Lipinski definition) is 7. The summed E-state index contributed by atoms with van der Waals surface area (Å²) in [5.74, 6) is 0.807. The van der Waals surface area contributed by atoms with Gasteiger partial charge in [0, 0.05) is 38.8 Å². The molecule has 0 amide bonds. The molecule has 2 aromatic heterocycles. The summed E-state index contributed by atoms with van der Waals surface area (Å²) in [4.78, 5) is 20.5. The highest BCUT2D eigenvalue weighted by molar-refractivity contribution is 5.50. The highest BCUT2D eigenvalue weighted by Crippen LogP contribution is 2.35. The van der Waals surface area contributed by atoms with Crippen molar-refractivity contribution in [3.63, 3.8) is 0 Å². The largest absolute Gasteiger partial charge is 0.419 e. The van der Waals surface area contributed by atoms with Crippen LogP contribution in [0.4, 0.5) is 35.3 Å². The molecule has 1 fully saturated rings. The quantitative estimate of drug-likeness (QED) is 0.410. The van der Waals surface area contributed by atoms with Crippen molar-refractivity contribution < 1.29 is 17.6 Å². The van der Waals surface area contributed by atoms with E-state index in [1.165, 1.54) is 24.4 Å². The van der Waals surface area contributed by atoms with Gasteiger partial charge in [0.05, 0.1) is 5.56 Å². The predicted molar refractivity (Wildman–Crippen MR) is 121 cm³/mol. The van der Waals surface area contributed by atoms with Crippen molar-refractivity contribution in [3.8, 4) is 0 Å². The minimum absolute atomic E-state index is 0.0633. The molecule has 1 saturated heterocycles. The number of anilines is 3. The summed E-state index contributed by atoms with van der Waals surface area (Å²) in [6.45, 7) is 1.56. The molecule has 3 aromatic rings. The third-order valence-electron chi connectivity index (χ3n) is 5.67. The first-order valence-electron chi connectivity index (χ1n) is 11.1. The van der Waals surface area contributed by atoms with Crippen LogP contribution in [0.3, 0.4) is 0 Å². The molecule has 2 N–H and O–H groups in total. The summed E-state index contributed by atoms with van der Waals surface area (Å²) in [5.41, 5.74) is 6.22. The average molecular weight is 475 g/mol. The van der Waals surface area contributed by atoms with Gasteiger partial charge in [-0.2, -0.15) is 28.1 Å². The Bertz CT molecular complexity index is 1100. The van der Waals surface area contributed by atoms with Crippen LogP contribution in [-0.4, -0.2) is 46.1 Å². The molecule has 11 heteroatoms. The van der Waals surface area contributed by atoms with Gasteiger partial charge in [0.15, 0.2) is 0 Å². The van der Waals surface area contributed by atoms with Crippen LogP contribution >= 0.6 is 0 Å². The van der Waals surface area contributed by atoms with Gasteiger partial charge in [-0.05, 0) is 49.1 Å². The third-order valence-corrected chi connectivity index (χ3v) is 5.67. The van der Waals surface area contributed by atoms with Crippen LogP contribution in [0.1, 0.15) is 29.8 Å². The number of aromatic nitrogens is 4. The lowest BCUT2D eigenvalue weighted by Gasteiger charge is -2.36. The summed E-state index contributed by atoms with van der Waals surface area (Å²) >= 11 is 0. The number of rotatable bonds is 7. The van der Waals surface area contributed by atoms with E-state index in [0.29, 0.717) is 44.4 Å². The number of unbranched alkanes of at least 4 members (excludes halogenated alkanes) is 1. The summed E-state index contributed by atoms with van der Waals surface area (Å²) in [5, 5.41) is 0. The number of nitrogens with two attached hydrogens (primary N) is 1. The normalized spacial score (nSPS) is 14.5. The number of pyridine rings is 1. The summed E-state index contributed by atoms with van der Waals surface area (Å²) in [7, 11) is 0. The molecule has 1 aliphatic heterocycles. The minimum Gasteiger partial charge on any atom is -0.368 e. The second-order valence-electron chi connectivity index (χ2n) is 8.09. The van der Waals surface area contributed by atoms with Crippen molar-refractivity contribution in [3.05, 3.63) is 65.4 Å². The zero-order valence-electron chi connectivity index (χ0n) is 18.5. The maximum absolute atomic E-state index is 13.3. The zero-order valence-corrected chi connectivity index (χ0v) is 18.5. The molecule has 0 aliphatic carbocycles. The van der Waals surface area contributed by atoms with E-state index in [9.17, 15) is 17.6 Å². The molecular formula is C23H25F4N7. The highest BCUT2D eigenvalue weighted by Gasteiger charge is 2.36. The van der Waals surface area contributed by atoms with Crippen LogP contribution in [0.25, 0.3) is 0 Å². The summed E-state index contributed by atoms with van der Waals surface area (Å²) < 4.78 is 53.0. The molecule has 3 heterocycles. The van der Waals surface area contributed by atoms with Gasteiger partial charge in [-0.3, -0.25) is 0 Å². The second-order valence-corrected chi connectivity index (χ2v) is 8.09. The van der Waals surface area contributed by atoms with Gasteiger partial charge in [0.25, 0.3) is 0 Å². The van der Waals surface area contributed by atoms with Crippen molar-refractivity contribution in [1.29, 1.82) is 0 Å². The molecule has 0 saturated carbocycles. The molecule has 0 radical (unpaired) electrons. The average Bonchev–Trinajstić information content (AvgIpc) is 2.82. The lowest BCUT2D eigenvalue weighted by atomic mass is 10.1. The Labute approximate surface area is 194 Å². The monoisotopic (exact) mass is 475 g/mol. The summed E-state index contributed by atoms with van der Waals surface area (Å²) in [6.07, 6.45) is 0.0542. The first kappa shape index (κ1) is 23.7. The van der Waals surface area contributed by atoms with E-state index in [1.54, 1.807) is 17.0 Å². The van der Waals surface area contributed by atoms with Crippen LogP contribution in [-0.2, 0) is 19.0 Å². The second kappa shape index (κ2) is 10.2. The molecule has 1 aromatic carbocycles. The van der Waals surface area contributed by atoms with Gasteiger partial charge in [0.2, 0.25) is 11.9 Å². The number of hydrogen-bond donors (Lipinski definition) is 1. The van der Waals surface area contributed by atoms with Crippen molar-refractivity contribution in [2.45, 2.75) is 31.9 Å². The van der Waals surface area contributed by atoms with Gasteiger partial charge >= 0.3 is 6.18 Å². The van der Waals surface area contributed by atoms with E-state index in [-0.39, 0.29) is 17.6 Å². The molecule has 4 rings (SSSR count). The van der Waals surface area contributed by atoms with Crippen LogP contribution < -0.4 is 15.5 Å². The van der Waals surface area contributed by atoms with E-state index >= 15 is 0 Å². The Kier molecular flexibility index (Phi) is 7.09. The Balaban J connectivity index is 1.34. The fraction of sp³-hybridized carbons (Fsp3) is 0.391. The van der Waals surface area contributed by atoms with Crippen molar-refractivity contribution in [2.24, 2.45) is 0 Å². The lowest BCUT2D eigenvalue weighted by Crippen LogP contribution is -2.48. The van der Waals surface area contributed by atoms with E-state index in [4.69, 9.17) is 5.73 Å².